The predicted octanol–water partition coefficient (Wildman–Crippen LogP) is 4.23. The Hall–Kier alpha value is -1.79. The van der Waals surface area contributed by atoms with Crippen LogP contribution in [-0.2, 0) is 29.2 Å². The Kier molecular flexibility index (Phi) is 8.73. The fourth-order valence-electron chi connectivity index (χ4n) is 5.54. The zero-order chi connectivity index (χ0) is 27.7. The molecule has 0 aliphatic carbocycles. The summed E-state index contributed by atoms with van der Waals surface area (Å²) in [6.45, 7) is 5.39. The van der Waals surface area contributed by atoms with Crippen molar-refractivity contribution in [1.82, 2.24) is 4.90 Å². The van der Waals surface area contributed by atoms with E-state index in [4.69, 9.17) is 21.1 Å². The predicted molar refractivity (Wildman–Crippen MR) is 141 cm³/mol. The summed E-state index contributed by atoms with van der Waals surface area (Å²) in [5, 5.41) is 0.322. The van der Waals surface area contributed by atoms with Crippen molar-refractivity contribution in [2.45, 2.75) is 42.4 Å². The van der Waals surface area contributed by atoms with Gasteiger partial charge in [0.05, 0.1) is 34.7 Å². The van der Waals surface area contributed by atoms with E-state index in [1.165, 1.54) is 24.3 Å². The average molecular weight is 592 g/mol. The Morgan fingerprint density at radius 2 is 1.66 bits per heavy atom. The lowest BCUT2D eigenvalue weighted by Gasteiger charge is -2.50. The molecular formula is C26H32ClF2NO6S2. The molecule has 38 heavy (non-hydrogen) atoms. The number of sulfone groups is 2. The molecular weight excluding hydrogens is 560 g/mol. The SMILES string of the molecule is CCN(CC)CCS(=O)(=O)CC[C@@H]1OCC[C@@]2(S(=O)(=O)c3ccc(Cl)cc3)c3c(F)ccc(F)c3OC[C@@H]12. The minimum Gasteiger partial charge on any atom is -0.490 e. The number of fused-ring (bicyclic) bond motifs is 3. The van der Waals surface area contributed by atoms with Gasteiger partial charge in [0.25, 0.3) is 0 Å². The van der Waals surface area contributed by atoms with E-state index in [1.54, 1.807) is 0 Å². The van der Waals surface area contributed by atoms with E-state index >= 15 is 4.39 Å². The highest BCUT2D eigenvalue weighted by molar-refractivity contribution is 7.92. The summed E-state index contributed by atoms with van der Waals surface area (Å²) in [5.74, 6) is -3.46. The molecule has 0 radical (unpaired) electrons. The van der Waals surface area contributed by atoms with Crippen LogP contribution < -0.4 is 4.74 Å². The zero-order valence-corrected chi connectivity index (χ0v) is 23.7. The minimum absolute atomic E-state index is 0.00122. The molecule has 0 N–H and O–H groups in total. The molecule has 0 unspecified atom stereocenters. The van der Waals surface area contributed by atoms with Crippen molar-refractivity contribution >= 4 is 31.3 Å². The quantitative estimate of drug-likeness (QED) is 0.408. The highest BCUT2D eigenvalue weighted by atomic mass is 35.5. The molecule has 2 aromatic carbocycles. The van der Waals surface area contributed by atoms with Gasteiger partial charge in [0.1, 0.15) is 10.6 Å². The van der Waals surface area contributed by atoms with Crippen LogP contribution in [0.3, 0.4) is 0 Å². The van der Waals surface area contributed by atoms with E-state index in [1.807, 2.05) is 18.7 Å². The first-order valence-electron chi connectivity index (χ1n) is 12.6. The standard InChI is InChI=1S/C26H32ClF2NO6S2/c1-3-30(4-2)13-16-37(31,32)15-11-23-20-17-36-25-22(29)10-9-21(28)24(25)26(20,12-14-35-23)38(33,34)19-7-5-18(27)6-8-19/h5-10,20,23H,3-4,11-17H2,1-2H3/t20-,23-,26-/m0/s1. The lowest BCUT2D eigenvalue weighted by molar-refractivity contribution is -0.0732. The minimum atomic E-state index is -4.35. The summed E-state index contributed by atoms with van der Waals surface area (Å²) < 4.78 is 94.2. The summed E-state index contributed by atoms with van der Waals surface area (Å²) >= 11 is 5.98. The van der Waals surface area contributed by atoms with E-state index in [0.29, 0.717) is 11.6 Å². The van der Waals surface area contributed by atoms with Crippen LogP contribution in [0.2, 0.25) is 5.02 Å². The third-order valence-electron chi connectivity index (χ3n) is 7.67. The van der Waals surface area contributed by atoms with Crippen LogP contribution in [0.1, 0.15) is 32.3 Å². The molecule has 3 atom stereocenters. The third kappa shape index (κ3) is 5.32. The fraction of sp³-hybridized carbons (Fsp3) is 0.538. The maximum atomic E-state index is 15.4. The lowest BCUT2D eigenvalue weighted by Crippen LogP contribution is -2.57. The molecule has 2 aromatic rings. The lowest BCUT2D eigenvalue weighted by atomic mass is 9.75. The maximum absolute atomic E-state index is 15.4. The molecule has 1 fully saturated rings. The molecule has 7 nitrogen and oxygen atoms in total. The zero-order valence-electron chi connectivity index (χ0n) is 21.3. The number of hydrogen-bond donors (Lipinski definition) is 0. The van der Waals surface area contributed by atoms with E-state index < -0.39 is 53.8 Å². The first-order chi connectivity index (χ1) is 18.0. The fourth-order valence-corrected chi connectivity index (χ4v) is 9.34. The third-order valence-corrected chi connectivity index (χ3v) is 12.1. The Balaban J connectivity index is 1.74. The Morgan fingerprint density at radius 1 is 1.00 bits per heavy atom. The van der Waals surface area contributed by atoms with Gasteiger partial charge >= 0.3 is 0 Å². The van der Waals surface area contributed by atoms with Crippen LogP contribution >= 0.6 is 11.6 Å². The Bertz CT molecular complexity index is 1370. The molecule has 0 saturated carbocycles. The van der Waals surface area contributed by atoms with Gasteiger partial charge < -0.3 is 14.4 Å². The van der Waals surface area contributed by atoms with E-state index in [0.717, 1.165) is 25.2 Å². The van der Waals surface area contributed by atoms with Crippen LogP contribution in [0, 0.1) is 17.6 Å². The second kappa shape index (κ2) is 11.4. The van der Waals surface area contributed by atoms with Crippen LogP contribution in [0.25, 0.3) is 0 Å². The largest absolute Gasteiger partial charge is 0.490 e. The highest BCUT2D eigenvalue weighted by Crippen LogP contribution is 2.55. The van der Waals surface area contributed by atoms with Gasteiger partial charge in [-0.25, -0.2) is 25.6 Å². The molecule has 0 aromatic heterocycles. The van der Waals surface area contributed by atoms with Gasteiger partial charge in [0.2, 0.25) is 0 Å². The van der Waals surface area contributed by atoms with Crippen LogP contribution in [0.4, 0.5) is 8.78 Å². The van der Waals surface area contributed by atoms with Gasteiger partial charge in [0, 0.05) is 24.1 Å². The average Bonchev–Trinajstić information content (AvgIpc) is 2.89. The number of hydrogen-bond acceptors (Lipinski definition) is 7. The normalized spacial score (nSPS) is 23.5. The molecule has 1 saturated heterocycles. The van der Waals surface area contributed by atoms with Gasteiger partial charge in [0.15, 0.2) is 31.2 Å². The smallest absolute Gasteiger partial charge is 0.189 e. The van der Waals surface area contributed by atoms with Crippen LogP contribution in [0.5, 0.6) is 5.75 Å². The van der Waals surface area contributed by atoms with Gasteiger partial charge in [-0.15, -0.1) is 0 Å². The van der Waals surface area contributed by atoms with Crippen molar-refractivity contribution < 1.29 is 35.1 Å². The number of benzene rings is 2. The van der Waals surface area contributed by atoms with Crippen molar-refractivity contribution in [2.75, 3.05) is 44.4 Å². The molecule has 0 spiro atoms. The monoisotopic (exact) mass is 591 g/mol. The van der Waals surface area contributed by atoms with Crippen molar-refractivity contribution in [1.29, 1.82) is 0 Å². The van der Waals surface area contributed by atoms with E-state index in [-0.39, 0.29) is 48.0 Å². The van der Waals surface area contributed by atoms with E-state index in [2.05, 4.69) is 0 Å². The maximum Gasteiger partial charge on any atom is 0.189 e. The van der Waals surface area contributed by atoms with E-state index in [9.17, 15) is 21.2 Å². The molecule has 2 heterocycles. The topological polar surface area (TPSA) is 90.0 Å². The molecule has 0 bridgehead atoms. The molecule has 12 heteroatoms. The number of ether oxygens (including phenoxy) is 2. The summed E-state index contributed by atoms with van der Waals surface area (Å²) in [6.07, 6.45) is -1.02. The summed E-state index contributed by atoms with van der Waals surface area (Å²) in [5.41, 5.74) is -0.374. The molecule has 210 valence electrons. The van der Waals surface area contributed by atoms with Crippen molar-refractivity contribution in [3.05, 3.63) is 58.6 Å². The summed E-state index contributed by atoms with van der Waals surface area (Å²) in [6, 6.07) is 7.29. The second-order valence-electron chi connectivity index (χ2n) is 9.62. The first-order valence-corrected chi connectivity index (χ1v) is 16.3. The highest BCUT2D eigenvalue weighted by Gasteiger charge is 2.61. The number of halogens is 3. The second-order valence-corrected chi connectivity index (χ2v) is 14.6. The van der Waals surface area contributed by atoms with Crippen molar-refractivity contribution in [3.8, 4) is 5.75 Å². The van der Waals surface area contributed by atoms with Gasteiger partial charge in [-0.05, 0) is 62.3 Å². The van der Waals surface area contributed by atoms with Gasteiger partial charge in [-0.3, -0.25) is 0 Å². The number of nitrogens with zero attached hydrogens (tertiary/aromatic N) is 1. The van der Waals surface area contributed by atoms with Crippen LogP contribution in [-0.4, -0.2) is 72.2 Å². The van der Waals surface area contributed by atoms with Gasteiger partial charge in [-0.1, -0.05) is 25.4 Å². The summed E-state index contributed by atoms with van der Waals surface area (Å²) in [7, 11) is -7.83. The molecule has 4 rings (SSSR count). The van der Waals surface area contributed by atoms with Gasteiger partial charge in [-0.2, -0.15) is 0 Å². The van der Waals surface area contributed by atoms with Crippen molar-refractivity contribution in [3.63, 3.8) is 0 Å². The first kappa shape index (κ1) is 29.2. The molecule has 2 aliphatic heterocycles. The Labute approximate surface area is 227 Å². The van der Waals surface area contributed by atoms with Crippen molar-refractivity contribution in [2.24, 2.45) is 5.92 Å². The molecule has 2 aliphatic rings. The van der Waals surface area contributed by atoms with Crippen LogP contribution in [0.15, 0.2) is 41.3 Å². The Morgan fingerprint density at radius 3 is 2.32 bits per heavy atom. The number of rotatable bonds is 10. The summed E-state index contributed by atoms with van der Waals surface area (Å²) in [4.78, 5) is 1.90. The molecule has 0 amide bonds.